The van der Waals surface area contributed by atoms with Gasteiger partial charge < -0.3 is 9.73 Å². The van der Waals surface area contributed by atoms with Crippen LogP contribution >= 0.6 is 0 Å². The summed E-state index contributed by atoms with van der Waals surface area (Å²) in [6.07, 6.45) is 3.98. The second kappa shape index (κ2) is 2.91. The molecule has 3 nitrogen and oxygen atoms in total. The van der Waals surface area contributed by atoms with Crippen LogP contribution in [0.15, 0.2) is 22.8 Å². The van der Waals surface area contributed by atoms with Crippen LogP contribution in [0.2, 0.25) is 0 Å². The SMILES string of the molecule is CC1(Cc2ccco2)CCC(=O)N1. The van der Waals surface area contributed by atoms with E-state index in [0.29, 0.717) is 6.42 Å². The summed E-state index contributed by atoms with van der Waals surface area (Å²) in [5.41, 5.74) is -0.102. The van der Waals surface area contributed by atoms with Gasteiger partial charge in [-0.3, -0.25) is 4.79 Å². The van der Waals surface area contributed by atoms with E-state index in [2.05, 4.69) is 12.2 Å². The quantitative estimate of drug-likeness (QED) is 0.747. The molecule has 1 atom stereocenters. The fraction of sp³-hybridized carbons (Fsp3) is 0.500. The summed E-state index contributed by atoms with van der Waals surface area (Å²) >= 11 is 0. The molecule has 0 aliphatic carbocycles. The van der Waals surface area contributed by atoms with Crippen LogP contribution in [0.3, 0.4) is 0 Å². The highest BCUT2D eigenvalue weighted by Gasteiger charge is 2.33. The maximum atomic E-state index is 11.0. The molecule has 13 heavy (non-hydrogen) atoms. The van der Waals surface area contributed by atoms with Gasteiger partial charge in [0.05, 0.1) is 6.26 Å². The fourth-order valence-corrected chi connectivity index (χ4v) is 1.78. The Morgan fingerprint density at radius 2 is 2.54 bits per heavy atom. The molecule has 1 unspecified atom stereocenters. The average molecular weight is 179 g/mol. The van der Waals surface area contributed by atoms with Gasteiger partial charge >= 0.3 is 0 Å². The van der Waals surface area contributed by atoms with Gasteiger partial charge in [0.25, 0.3) is 0 Å². The van der Waals surface area contributed by atoms with E-state index in [9.17, 15) is 4.79 Å². The molecule has 1 aliphatic heterocycles. The molecule has 1 aliphatic rings. The maximum Gasteiger partial charge on any atom is 0.220 e. The molecule has 1 aromatic heterocycles. The molecule has 2 rings (SSSR count). The highest BCUT2D eigenvalue weighted by atomic mass is 16.3. The first-order valence-electron chi connectivity index (χ1n) is 4.51. The van der Waals surface area contributed by atoms with Crippen molar-refractivity contribution >= 4 is 5.91 Å². The fourth-order valence-electron chi connectivity index (χ4n) is 1.78. The summed E-state index contributed by atoms with van der Waals surface area (Å²) in [7, 11) is 0. The Bertz CT molecular complexity index is 305. The molecule has 1 fully saturated rings. The van der Waals surface area contributed by atoms with E-state index in [0.717, 1.165) is 18.6 Å². The van der Waals surface area contributed by atoms with Gasteiger partial charge in [-0.1, -0.05) is 0 Å². The van der Waals surface area contributed by atoms with Crippen molar-refractivity contribution in [2.75, 3.05) is 0 Å². The number of carbonyl (C=O) groups excluding carboxylic acids is 1. The second-order valence-corrected chi connectivity index (χ2v) is 3.86. The Hall–Kier alpha value is -1.25. The van der Waals surface area contributed by atoms with Crippen molar-refractivity contribution in [2.45, 2.75) is 31.7 Å². The summed E-state index contributed by atoms with van der Waals surface area (Å²) in [4.78, 5) is 11.0. The molecular formula is C10H13NO2. The number of furan rings is 1. The van der Waals surface area contributed by atoms with Crippen LogP contribution in [0.4, 0.5) is 0 Å². The first-order chi connectivity index (χ1) is 6.18. The minimum absolute atomic E-state index is 0.102. The van der Waals surface area contributed by atoms with E-state index < -0.39 is 0 Å². The molecular weight excluding hydrogens is 166 g/mol. The second-order valence-electron chi connectivity index (χ2n) is 3.86. The standard InChI is InChI=1S/C10H13NO2/c1-10(5-4-9(12)11-10)7-8-3-2-6-13-8/h2-3,6H,4-5,7H2,1H3,(H,11,12). The lowest BCUT2D eigenvalue weighted by Crippen LogP contribution is -2.40. The molecule has 1 aromatic rings. The van der Waals surface area contributed by atoms with Crippen LogP contribution in [-0.4, -0.2) is 11.4 Å². The summed E-state index contributed by atoms with van der Waals surface area (Å²) in [6, 6.07) is 3.81. The number of hydrogen-bond acceptors (Lipinski definition) is 2. The normalized spacial score (nSPS) is 27.6. The van der Waals surface area contributed by atoms with Crippen molar-refractivity contribution in [1.82, 2.24) is 5.32 Å². The minimum atomic E-state index is -0.102. The summed E-state index contributed by atoms with van der Waals surface area (Å²) in [5.74, 6) is 1.08. The number of amides is 1. The summed E-state index contributed by atoms with van der Waals surface area (Å²) in [6.45, 7) is 2.06. The van der Waals surface area contributed by atoms with Gasteiger partial charge in [0.15, 0.2) is 0 Å². The van der Waals surface area contributed by atoms with Gasteiger partial charge in [-0.05, 0) is 25.5 Å². The lowest BCUT2D eigenvalue weighted by molar-refractivity contribution is -0.119. The van der Waals surface area contributed by atoms with Gasteiger partial charge in [0.1, 0.15) is 5.76 Å². The van der Waals surface area contributed by atoms with E-state index in [1.54, 1.807) is 6.26 Å². The molecule has 1 N–H and O–H groups in total. The topological polar surface area (TPSA) is 42.2 Å². The Morgan fingerprint density at radius 1 is 1.69 bits per heavy atom. The van der Waals surface area contributed by atoms with Crippen LogP contribution < -0.4 is 5.32 Å². The van der Waals surface area contributed by atoms with E-state index in [4.69, 9.17) is 4.42 Å². The van der Waals surface area contributed by atoms with Crippen molar-refractivity contribution in [3.63, 3.8) is 0 Å². The molecule has 0 spiro atoms. The molecule has 0 aromatic carbocycles. The van der Waals surface area contributed by atoms with Gasteiger partial charge in [-0.15, -0.1) is 0 Å². The monoisotopic (exact) mass is 179 g/mol. The van der Waals surface area contributed by atoms with Crippen molar-refractivity contribution < 1.29 is 9.21 Å². The molecule has 0 bridgehead atoms. The molecule has 0 radical (unpaired) electrons. The van der Waals surface area contributed by atoms with Crippen molar-refractivity contribution in [2.24, 2.45) is 0 Å². The van der Waals surface area contributed by atoms with Crippen molar-refractivity contribution in [1.29, 1.82) is 0 Å². The molecule has 2 heterocycles. The van der Waals surface area contributed by atoms with Gasteiger partial charge in [0.2, 0.25) is 5.91 Å². The molecule has 1 saturated heterocycles. The third-order valence-electron chi connectivity index (χ3n) is 2.49. The molecule has 70 valence electrons. The number of hydrogen-bond donors (Lipinski definition) is 1. The van der Waals surface area contributed by atoms with E-state index in [1.165, 1.54) is 0 Å². The van der Waals surface area contributed by atoms with Gasteiger partial charge in [-0.2, -0.15) is 0 Å². The summed E-state index contributed by atoms with van der Waals surface area (Å²) < 4.78 is 5.24. The minimum Gasteiger partial charge on any atom is -0.469 e. The van der Waals surface area contributed by atoms with Crippen molar-refractivity contribution in [3.8, 4) is 0 Å². The Balaban J connectivity index is 2.05. The predicted molar refractivity (Wildman–Crippen MR) is 48.2 cm³/mol. The maximum absolute atomic E-state index is 11.0. The number of rotatable bonds is 2. The smallest absolute Gasteiger partial charge is 0.220 e. The molecule has 0 saturated carbocycles. The van der Waals surface area contributed by atoms with Crippen LogP contribution in [0.5, 0.6) is 0 Å². The first kappa shape index (κ1) is 8.35. The Morgan fingerprint density at radius 3 is 3.08 bits per heavy atom. The summed E-state index contributed by atoms with van der Waals surface area (Å²) in [5, 5.41) is 2.97. The molecule has 3 heteroatoms. The lowest BCUT2D eigenvalue weighted by atomic mass is 9.95. The van der Waals surface area contributed by atoms with Crippen LogP contribution in [0.25, 0.3) is 0 Å². The lowest BCUT2D eigenvalue weighted by Gasteiger charge is -2.22. The highest BCUT2D eigenvalue weighted by molar-refractivity contribution is 5.79. The first-order valence-corrected chi connectivity index (χ1v) is 4.51. The third kappa shape index (κ3) is 1.74. The zero-order chi connectivity index (χ0) is 9.31. The highest BCUT2D eigenvalue weighted by Crippen LogP contribution is 2.24. The third-order valence-corrected chi connectivity index (χ3v) is 2.49. The van der Waals surface area contributed by atoms with E-state index in [-0.39, 0.29) is 11.4 Å². The Labute approximate surface area is 77.1 Å². The zero-order valence-corrected chi connectivity index (χ0v) is 7.67. The number of nitrogens with one attached hydrogen (secondary N) is 1. The van der Waals surface area contributed by atoms with Crippen LogP contribution in [0, 0.1) is 0 Å². The van der Waals surface area contributed by atoms with E-state index >= 15 is 0 Å². The average Bonchev–Trinajstić information content (AvgIpc) is 2.62. The van der Waals surface area contributed by atoms with Gasteiger partial charge in [-0.25, -0.2) is 0 Å². The van der Waals surface area contributed by atoms with Crippen molar-refractivity contribution in [3.05, 3.63) is 24.2 Å². The van der Waals surface area contributed by atoms with Crippen LogP contribution in [0.1, 0.15) is 25.5 Å². The Kier molecular flexibility index (Phi) is 1.87. The molecule has 1 amide bonds. The number of carbonyl (C=O) groups is 1. The van der Waals surface area contributed by atoms with Crippen LogP contribution in [-0.2, 0) is 11.2 Å². The largest absolute Gasteiger partial charge is 0.469 e. The van der Waals surface area contributed by atoms with Gasteiger partial charge in [0, 0.05) is 18.4 Å². The van der Waals surface area contributed by atoms with E-state index in [1.807, 2.05) is 12.1 Å². The zero-order valence-electron chi connectivity index (χ0n) is 7.67. The predicted octanol–water partition coefficient (Wildman–Crippen LogP) is 1.49.